The minimum atomic E-state index is -0.737. The number of nitrogens with two attached hydrogens (primary N) is 1. The fourth-order valence-electron chi connectivity index (χ4n) is 2.46. The van der Waals surface area contributed by atoms with Crippen molar-refractivity contribution in [3.63, 3.8) is 0 Å². The highest BCUT2D eigenvalue weighted by molar-refractivity contribution is 6.30. The first-order chi connectivity index (χ1) is 10.6. The maximum Gasteiger partial charge on any atom is 0.136 e. The zero-order valence-electron chi connectivity index (χ0n) is 12.1. The molecule has 1 aromatic heterocycles. The third kappa shape index (κ3) is 2.64. The van der Waals surface area contributed by atoms with E-state index in [9.17, 15) is 0 Å². The fraction of sp³-hybridized carbons (Fsp3) is 0.118. The van der Waals surface area contributed by atoms with Gasteiger partial charge in [0.15, 0.2) is 0 Å². The molecule has 112 valence electrons. The molecule has 0 aliphatic carbocycles. The second-order valence-electron chi connectivity index (χ2n) is 5.22. The molecule has 0 bridgehead atoms. The van der Waals surface area contributed by atoms with E-state index in [1.54, 1.807) is 6.20 Å². The zero-order valence-corrected chi connectivity index (χ0v) is 12.8. The molecule has 3 N–H and O–H groups in total. The summed E-state index contributed by atoms with van der Waals surface area (Å²) in [7, 11) is 0. The van der Waals surface area contributed by atoms with E-state index in [0.717, 1.165) is 22.3 Å². The van der Waals surface area contributed by atoms with Gasteiger partial charge in [0.2, 0.25) is 0 Å². The quantitative estimate of drug-likeness (QED) is 0.718. The molecule has 0 aliphatic rings. The topological polar surface area (TPSA) is 63.9 Å². The predicted octanol–water partition coefficient (Wildman–Crippen LogP) is 3.88. The van der Waals surface area contributed by atoms with E-state index in [-0.39, 0.29) is 0 Å². The largest absolute Gasteiger partial charge is 0.289 e. The molecule has 2 aromatic carbocycles. The summed E-state index contributed by atoms with van der Waals surface area (Å²) < 4.78 is 0. The van der Waals surface area contributed by atoms with Crippen LogP contribution in [0.3, 0.4) is 0 Å². The van der Waals surface area contributed by atoms with Crippen LogP contribution < -0.4 is 5.90 Å². The standard InChI is InChI=1S/C17H16ClN3O/c1-17(22-19,15-6-8-16(18)9-7-15)14-4-2-12(3-5-14)13-10-20-21-11-13/h2-11H,19H2,1H3,(H,20,21)/t17-/m0/s1. The van der Waals surface area contributed by atoms with E-state index in [2.05, 4.69) is 10.2 Å². The Morgan fingerprint density at radius 2 is 1.59 bits per heavy atom. The third-order valence-electron chi connectivity index (χ3n) is 3.90. The molecule has 1 atom stereocenters. The van der Waals surface area contributed by atoms with Crippen LogP contribution >= 0.6 is 11.6 Å². The van der Waals surface area contributed by atoms with Crippen LogP contribution in [0.2, 0.25) is 5.02 Å². The van der Waals surface area contributed by atoms with Gasteiger partial charge in [0.1, 0.15) is 5.60 Å². The van der Waals surface area contributed by atoms with Gasteiger partial charge < -0.3 is 0 Å². The molecule has 0 radical (unpaired) electrons. The summed E-state index contributed by atoms with van der Waals surface area (Å²) >= 11 is 5.95. The van der Waals surface area contributed by atoms with E-state index in [1.165, 1.54) is 0 Å². The molecule has 0 saturated carbocycles. The normalized spacial score (nSPS) is 13.8. The average molecular weight is 314 g/mol. The van der Waals surface area contributed by atoms with E-state index in [0.29, 0.717) is 5.02 Å². The molecule has 0 amide bonds. The lowest BCUT2D eigenvalue weighted by Crippen LogP contribution is -2.30. The van der Waals surface area contributed by atoms with Gasteiger partial charge in [-0.1, -0.05) is 48.0 Å². The molecule has 0 fully saturated rings. The van der Waals surface area contributed by atoms with Gasteiger partial charge in [0.25, 0.3) is 0 Å². The minimum Gasteiger partial charge on any atom is -0.289 e. The molecular formula is C17H16ClN3O. The van der Waals surface area contributed by atoms with E-state index in [1.807, 2.05) is 61.7 Å². The van der Waals surface area contributed by atoms with Gasteiger partial charge in [-0.25, -0.2) is 5.90 Å². The second kappa shape index (κ2) is 5.93. The molecule has 0 saturated heterocycles. The van der Waals surface area contributed by atoms with Crippen LogP contribution in [0.4, 0.5) is 0 Å². The van der Waals surface area contributed by atoms with Gasteiger partial charge in [-0.15, -0.1) is 0 Å². The second-order valence-corrected chi connectivity index (χ2v) is 5.66. The average Bonchev–Trinajstić information content (AvgIpc) is 3.09. The summed E-state index contributed by atoms with van der Waals surface area (Å²) in [6.07, 6.45) is 3.64. The van der Waals surface area contributed by atoms with Crippen molar-refractivity contribution in [3.05, 3.63) is 77.1 Å². The van der Waals surface area contributed by atoms with Gasteiger partial charge in [0, 0.05) is 16.8 Å². The van der Waals surface area contributed by atoms with Crippen molar-refractivity contribution in [1.82, 2.24) is 10.2 Å². The van der Waals surface area contributed by atoms with E-state index >= 15 is 0 Å². The molecule has 3 rings (SSSR count). The van der Waals surface area contributed by atoms with Crippen molar-refractivity contribution in [3.8, 4) is 11.1 Å². The van der Waals surface area contributed by atoms with Crippen molar-refractivity contribution < 1.29 is 4.84 Å². The molecule has 1 heterocycles. The molecule has 3 aromatic rings. The van der Waals surface area contributed by atoms with Crippen LogP contribution in [0.5, 0.6) is 0 Å². The number of aromatic amines is 1. The summed E-state index contributed by atoms with van der Waals surface area (Å²) in [4.78, 5) is 5.32. The highest BCUT2D eigenvalue weighted by Gasteiger charge is 2.29. The number of hydrogen-bond donors (Lipinski definition) is 2. The minimum absolute atomic E-state index is 0.679. The first-order valence-corrected chi connectivity index (χ1v) is 7.25. The zero-order chi connectivity index (χ0) is 15.6. The summed E-state index contributed by atoms with van der Waals surface area (Å²) in [5, 5.41) is 7.45. The van der Waals surface area contributed by atoms with Crippen molar-refractivity contribution in [2.24, 2.45) is 5.90 Å². The van der Waals surface area contributed by atoms with Gasteiger partial charge in [-0.2, -0.15) is 5.10 Å². The molecule has 22 heavy (non-hydrogen) atoms. The van der Waals surface area contributed by atoms with Crippen LogP contribution in [-0.2, 0) is 10.4 Å². The Morgan fingerprint density at radius 1 is 1.00 bits per heavy atom. The highest BCUT2D eigenvalue weighted by atomic mass is 35.5. The lowest BCUT2D eigenvalue weighted by atomic mass is 9.87. The maximum absolute atomic E-state index is 5.95. The lowest BCUT2D eigenvalue weighted by Gasteiger charge is -2.28. The highest BCUT2D eigenvalue weighted by Crippen LogP contribution is 2.33. The smallest absolute Gasteiger partial charge is 0.136 e. The van der Waals surface area contributed by atoms with Crippen LogP contribution in [0.15, 0.2) is 60.9 Å². The van der Waals surface area contributed by atoms with E-state index < -0.39 is 5.60 Å². The van der Waals surface area contributed by atoms with Crippen LogP contribution in [0, 0.1) is 0 Å². The molecular weight excluding hydrogens is 298 g/mol. The number of H-pyrrole nitrogens is 1. The van der Waals surface area contributed by atoms with Crippen LogP contribution in [0.1, 0.15) is 18.1 Å². The third-order valence-corrected chi connectivity index (χ3v) is 4.15. The summed E-state index contributed by atoms with van der Waals surface area (Å²) in [6, 6.07) is 15.5. The Labute approximate surface area is 133 Å². The lowest BCUT2D eigenvalue weighted by molar-refractivity contribution is -0.00566. The Kier molecular flexibility index (Phi) is 3.98. The monoisotopic (exact) mass is 313 g/mol. The van der Waals surface area contributed by atoms with E-state index in [4.69, 9.17) is 22.3 Å². The Morgan fingerprint density at radius 3 is 2.09 bits per heavy atom. The molecule has 0 aliphatic heterocycles. The maximum atomic E-state index is 5.95. The Hall–Kier alpha value is -2.14. The number of halogens is 1. The Bertz CT molecular complexity index is 739. The summed E-state index contributed by atoms with van der Waals surface area (Å²) in [5.74, 6) is 5.59. The molecule has 0 unspecified atom stereocenters. The number of nitrogens with one attached hydrogen (secondary N) is 1. The van der Waals surface area contributed by atoms with Crippen molar-refractivity contribution in [2.45, 2.75) is 12.5 Å². The van der Waals surface area contributed by atoms with Gasteiger partial charge in [0.05, 0.1) is 6.20 Å². The van der Waals surface area contributed by atoms with Crippen molar-refractivity contribution in [2.75, 3.05) is 0 Å². The van der Waals surface area contributed by atoms with Gasteiger partial charge >= 0.3 is 0 Å². The fourth-order valence-corrected chi connectivity index (χ4v) is 2.59. The number of nitrogens with zero attached hydrogens (tertiary/aromatic N) is 1. The number of aromatic nitrogens is 2. The molecule has 5 heteroatoms. The predicted molar refractivity (Wildman–Crippen MR) is 87.2 cm³/mol. The number of hydrogen-bond acceptors (Lipinski definition) is 3. The first-order valence-electron chi connectivity index (χ1n) is 6.87. The summed E-state index contributed by atoms with van der Waals surface area (Å²) in [5.41, 5.74) is 3.28. The van der Waals surface area contributed by atoms with Gasteiger partial charge in [-0.05, 0) is 35.7 Å². The SMILES string of the molecule is C[C@@](ON)(c1ccc(Cl)cc1)c1ccc(-c2cn[nH]c2)cc1. The first kappa shape index (κ1) is 14.8. The number of rotatable bonds is 4. The van der Waals surface area contributed by atoms with Gasteiger partial charge in [-0.3, -0.25) is 9.94 Å². The van der Waals surface area contributed by atoms with Crippen LogP contribution in [0.25, 0.3) is 11.1 Å². The molecule has 4 nitrogen and oxygen atoms in total. The Balaban J connectivity index is 1.98. The molecule has 0 spiro atoms. The van der Waals surface area contributed by atoms with Crippen LogP contribution in [-0.4, -0.2) is 10.2 Å². The number of benzene rings is 2. The van der Waals surface area contributed by atoms with Crippen molar-refractivity contribution in [1.29, 1.82) is 0 Å². The van der Waals surface area contributed by atoms with Crippen molar-refractivity contribution >= 4 is 11.6 Å². The summed E-state index contributed by atoms with van der Waals surface area (Å²) in [6.45, 7) is 1.93.